The van der Waals surface area contributed by atoms with Crippen molar-refractivity contribution < 1.29 is 9.90 Å². The lowest BCUT2D eigenvalue weighted by Gasteiger charge is -2.04. The molecular formula is C11H12BrNO2. The second kappa shape index (κ2) is 5.56. The molecule has 1 rings (SSSR count). The molecule has 1 amide bonds. The number of rotatable bonds is 4. The van der Waals surface area contributed by atoms with Gasteiger partial charge in [-0.25, -0.2) is 0 Å². The van der Waals surface area contributed by atoms with Gasteiger partial charge in [0.1, 0.15) is 5.75 Å². The van der Waals surface area contributed by atoms with Gasteiger partial charge in [-0.1, -0.05) is 34.6 Å². The second-order valence-corrected chi connectivity index (χ2v) is 4.26. The first kappa shape index (κ1) is 11.8. The summed E-state index contributed by atoms with van der Waals surface area (Å²) >= 11 is 3.15. The van der Waals surface area contributed by atoms with E-state index in [9.17, 15) is 9.90 Å². The first-order valence-corrected chi connectivity index (χ1v) is 5.25. The van der Waals surface area contributed by atoms with E-state index >= 15 is 0 Å². The van der Waals surface area contributed by atoms with Crippen LogP contribution in [0.3, 0.4) is 0 Å². The Morgan fingerprint density at radius 3 is 2.87 bits per heavy atom. The van der Waals surface area contributed by atoms with E-state index in [0.717, 1.165) is 10.0 Å². The molecule has 0 radical (unpaired) electrons. The zero-order chi connectivity index (χ0) is 11.3. The summed E-state index contributed by atoms with van der Waals surface area (Å²) in [6.07, 6.45) is 0.259. The van der Waals surface area contributed by atoms with Crippen LogP contribution in [0.5, 0.6) is 5.75 Å². The van der Waals surface area contributed by atoms with E-state index in [1.165, 1.54) is 0 Å². The Kier molecular flexibility index (Phi) is 4.37. The van der Waals surface area contributed by atoms with Gasteiger partial charge in [-0.2, -0.15) is 0 Å². The molecule has 0 atom stereocenters. The fraction of sp³-hybridized carbons (Fsp3) is 0.182. The van der Waals surface area contributed by atoms with Gasteiger partial charge in [0.15, 0.2) is 0 Å². The Hall–Kier alpha value is -1.29. The van der Waals surface area contributed by atoms with Crippen LogP contribution in [0.2, 0.25) is 0 Å². The largest absolute Gasteiger partial charge is 0.508 e. The van der Waals surface area contributed by atoms with Gasteiger partial charge in [0.2, 0.25) is 5.91 Å². The summed E-state index contributed by atoms with van der Waals surface area (Å²) < 4.78 is 0.728. The summed E-state index contributed by atoms with van der Waals surface area (Å²) in [6, 6.07) is 6.65. The van der Waals surface area contributed by atoms with Crippen LogP contribution in [0.4, 0.5) is 0 Å². The number of amides is 1. The van der Waals surface area contributed by atoms with Crippen molar-refractivity contribution in [1.82, 2.24) is 5.32 Å². The fourth-order valence-electron chi connectivity index (χ4n) is 1.11. The standard InChI is InChI=1S/C11H12BrNO2/c1-8(12)7-13-11(15)6-9-3-2-4-10(14)5-9/h2-5,14H,1,6-7H2,(H,13,15). The highest BCUT2D eigenvalue weighted by atomic mass is 79.9. The number of hydrogen-bond donors (Lipinski definition) is 2. The van der Waals surface area contributed by atoms with Gasteiger partial charge in [-0.15, -0.1) is 0 Å². The van der Waals surface area contributed by atoms with E-state index in [1.54, 1.807) is 24.3 Å². The van der Waals surface area contributed by atoms with Gasteiger partial charge < -0.3 is 10.4 Å². The lowest BCUT2D eigenvalue weighted by atomic mass is 10.1. The molecule has 0 aliphatic carbocycles. The third-order valence-corrected chi connectivity index (χ3v) is 2.03. The molecule has 15 heavy (non-hydrogen) atoms. The van der Waals surface area contributed by atoms with Crippen LogP contribution in [-0.4, -0.2) is 17.6 Å². The normalized spacial score (nSPS) is 9.67. The summed E-state index contributed by atoms with van der Waals surface area (Å²) in [6.45, 7) is 4.02. The van der Waals surface area contributed by atoms with Crippen LogP contribution in [0.1, 0.15) is 5.56 Å². The molecule has 1 aromatic carbocycles. The first-order valence-electron chi connectivity index (χ1n) is 4.46. The van der Waals surface area contributed by atoms with Crippen LogP contribution in [-0.2, 0) is 11.2 Å². The molecule has 2 N–H and O–H groups in total. The lowest BCUT2D eigenvalue weighted by Crippen LogP contribution is -2.25. The molecule has 0 aliphatic rings. The number of carbonyl (C=O) groups is 1. The van der Waals surface area contributed by atoms with Crippen molar-refractivity contribution >= 4 is 21.8 Å². The van der Waals surface area contributed by atoms with Crippen molar-refractivity contribution in [2.75, 3.05) is 6.54 Å². The fourth-order valence-corrected chi connectivity index (χ4v) is 1.25. The van der Waals surface area contributed by atoms with Crippen LogP contribution in [0, 0.1) is 0 Å². The highest BCUT2D eigenvalue weighted by Gasteiger charge is 2.03. The van der Waals surface area contributed by atoms with E-state index in [4.69, 9.17) is 0 Å². The van der Waals surface area contributed by atoms with Gasteiger partial charge in [0, 0.05) is 11.0 Å². The van der Waals surface area contributed by atoms with Crippen LogP contribution >= 0.6 is 15.9 Å². The SMILES string of the molecule is C=C(Br)CNC(=O)Cc1cccc(O)c1. The Morgan fingerprint density at radius 2 is 2.27 bits per heavy atom. The predicted molar refractivity (Wildman–Crippen MR) is 62.9 cm³/mol. The maximum atomic E-state index is 11.4. The minimum atomic E-state index is -0.0961. The van der Waals surface area contributed by atoms with E-state index in [2.05, 4.69) is 27.8 Å². The molecule has 0 heterocycles. The van der Waals surface area contributed by atoms with E-state index in [0.29, 0.717) is 6.54 Å². The summed E-state index contributed by atoms with van der Waals surface area (Å²) in [4.78, 5) is 11.4. The Labute approximate surface area is 96.9 Å². The van der Waals surface area contributed by atoms with E-state index in [1.807, 2.05) is 0 Å². The molecule has 80 valence electrons. The van der Waals surface area contributed by atoms with E-state index in [-0.39, 0.29) is 18.1 Å². The number of phenols is 1. The highest BCUT2D eigenvalue weighted by Crippen LogP contribution is 2.11. The number of aromatic hydroxyl groups is 1. The van der Waals surface area contributed by atoms with Crippen LogP contribution in [0.15, 0.2) is 35.3 Å². The first-order chi connectivity index (χ1) is 7.08. The monoisotopic (exact) mass is 269 g/mol. The molecule has 0 spiro atoms. The minimum absolute atomic E-state index is 0.0961. The molecule has 0 saturated carbocycles. The topological polar surface area (TPSA) is 49.3 Å². The van der Waals surface area contributed by atoms with Crippen molar-refractivity contribution in [2.24, 2.45) is 0 Å². The second-order valence-electron chi connectivity index (χ2n) is 3.14. The van der Waals surface area contributed by atoms with Crippen LogP contribution in [0.25, 0.3) is 0 Å². The predicted octanol–water partition coefficient (Wildman–Crippen LogP) is 1.96. The molecule has 3 nitrogen and oxygen atoms in total. The average Bonchev–Trinajstić information content (AvgIpc) is 2.15. The molecular weight excluding hydrogens is 258 g/mol. The zero-order valence-electron chi connectivity index (χ0n) is 8.16. The number of carbonyl (C=O) groups excluding carboxylic acids is 1. The quantitative estimate of drug-likeness (QED) is 0.878. The summed E-state index contributed by atoms with van der Waals surface area (Å²) in [5.41, 5.74) is 0.785. The van der Waals surface area contributed by atoms with Crippen molar-refractivity contribution in [3.8, 4) is 5.75 Å². The Bertz CT molecular complexity index is 377. The summed E-state index contributed by atoms with van der Waals surface area (Å²) in [5, 5.41) is 11.9. The smallest absolute Gasteiger partial charge is 0.224 e. The molecule has 0 aromatic heterocycles. The molecule has 0 saturated heterocycles. The number of benzene rings is 1. The van der Waals surface area contributed by atoms with Gasteiger partial charge >= 0.3 is 0 Å². The molecule has 0 bridgehead atoms. The third kappa shape index (κ3) is 4.65. The maximum Gasteiger partial charge on any atom is 0.224 e. The molecule has 0 aliphatic heterocycles. The molecule has 1 aromatic rings. The number of nitrogens with one attached hydrogen (secondary N) is 1. The van der Waals surface area contributed by atoms with Crippen molar-refractivity contribution in [2.45, 2.75) is 6.42 Å². The van der Waals surface area contributed by atoms with Crippen LogP contribution < -0.4 is 5.32 Å². The number of halogens is 1. The Morgan fingerprint density at radius 1 is 1.53 bits per heavy atom. The van der Waals surface area contributed by atoms with Gasteiger partial charge in [-0.05, 0) is 17.7 Å². The molecule has 4 heteroatoms. The van der Waals surface area contributed by atoms with Gasteiger partial charge in [0.05, 0.1) is 6.42 Å². The van der Waals surface area contributed by atoms with Crippen molar-refractivity contribution in [3.63, 3.8) is 0 Å². The molecule has 0 unspecified atom stereocenters. The lowest BCUT2D eigenvalue weighted by molar-refractivity contribution is -0.120. The van der Waals surface area contributed by atoms with E-state index < -0.39 is 0 Å². The van der Waals surface area contributed by atoms with Crippen molar-refractivity contribution in [3.05, 3.63) is 40.9 Å². The Balaban J connectivity index is 2.48. The summed E-state index contributed by atoms with van der Waals surface area (Å²) in [5.74, 6) is 0.0754. The number of hydrogen-bond acceptors (Lipinski definition) is 2. The maximum absolute atomic E-state index is 11.4. The zero-order valence-corrected chi connectivity index (χ0v) is 9.75. The van der Waals surface area contributed by atoms with Gasteiger partial charge in [-0.3, -0.25) is 4.79 Å². The third-order valence-electron chi connectivity index (χ3n) is 1.75. The van der Waals surface area contributed by atoms with Crippen molar-refractivity contribution in [1.29, 1.82) is 0 Å². The number of phenolic OH excluding ortho intramolecular Hbond substituents is 1. The summed E-state index contributed by atoms with van der Waals surface area (Å²) in [7, 11) is 0. The highest BCUT2D eigenvalue weighted by molar-refractivity contribution is 9.11. The minimum Gasteiger partial charge on any atom is -0.508 e. The molecule has 0 fully saturated rings. The average molecular weight is 270 g/mol. The van der Waals surface area contributed by atoms with Gasteiger partial charge in [0.25, 0.3) is 0 Å².